The molecule has 0 spiro atoms. The van der Waals surface area contributed by atoms with Crippen LogP contribution in [0.4, 0.5) is 5.82 Å². The van der Waals surface area contributed by atoms with E-state index < -0.39 is 0 Å². The standard InChI is InChI=1S/C20H20N4O4/c25-20-14-10-16-17(28-7-1-6-27-16)11-15(14)22-19(23-20)13-2-3-18(21-12-13)24-4-8-26-9-5-24/h2-3,10-12H,1,4-9H2,(H,22,23,25). The Morgan fingerprint density at radius 3 is 2.54 bits per heavy atom. The fraction of sp³-hybridized carbons (Fsp3) is 0.350. The molecule has 8 nitrogen and oxygen atoms in total. The summed E-state index contributed by atoms with van der Waals surface area (Å²) in [6.07, 6.45) is 2.54. The van der Waals surface area contributed by atoms with Crippen LogP contribution in [0.5, 0.6) is 11.5 Å². The van der Waals surface area contributed by atoms with Crippen molar-refractivity contribution in [2.24, 2.45) is 0 Å². The number of rotatable bonds is 2. The predicted octanol–water partition coefficient (Wildman–Crippen LogP) is 1.98. The number of benzene rings is 1. The number of nitrogens with zero attached hydrogens (tertiary/aromatic N) is 3. The maximum atomic E-state index is 12.6. The van der Waals surface area contributed by atoms with Gasteiger partial charge in [0.25, 0.3) is 5.56 Å². The summed E-state index contributed by atoms with van der Waals surface area (Å²) in [6.45, 7) is 4.22. The molecule has 1 N–H and O–H groups in total. The van der Waals surface area contributed by atoms with E-state index in [0.717, 1.165) is 30.9 Å². The van der Waals surface area contributed by atoms with Crippen molar-refractivity contribution < 1.29 is 14.2 Å². The summed E-state index contributed by atoms with van der Waals surface area (Å²) in [5, 5.41) is 0.478. The molecule has 0 aliphatic carbocycles. The van der Waals surface area contributed by atoms with E-state index in [1.54, 1.807) is 18.3 Å². The summed E-state index contributed by atoms with van der Waals surface area (Å²) >= 11 is 0. The molecule has 0 unspecified atom stereocenters. The number of aromatic nitrogens is 3. The molecule has 1 fully saturated rings. The zero-order chi connectivity index (χ0) is 18.9. The number of pyridine rings is 1. The van der Waals surface area contributed by atoms with Gasteiger partial charge in [-0.2, -0.15) is 0 Å². The Hall–Kier alpha value is -3.13. The number of hydrogen-bond acceptors (Lipinski definition) is 7. The number of aromatic amines is 1. The zero-order valence-corrected chi connectivity index (χ0v) is 15.3. The number of hydrogen-bond donors (Lipinski definition) is 1. The van der Waals surface area contributed by atoms with Crippen molar-refractivity contribution in [3.63, 3.8) is 0 Å². The summed E-state index contributed by atoms with van der Waals surface area (Å²) in [5.74, 6) is 2.58. The van der Waals surface area contributed by atoms with E-state index in [-0.39, 0.29) is 5.56 Å². The molecular weight excluding hydrogens is 360 g/mol. The largest absolute Gasteiger partial charge is 0.490 e. The van der Waals surface area contributed by atoms with Crippen molar-refractivity contribution in [3.05, 3.63) is 40.8 Å². The molecule has 0 atom stereocenters. The molecule has 4 heterocycles. The minimum Gasteiger partial charge on any atom is -0.490 e. The van der Waals surface area contributed by atoms with Crippen LogP contribution in [0.3, 0.4) is 0 Å². The molecule has 0 bridgehead atoms. The second-order valence-electron chi connectivity index (χ2n) is 6.79. The first kappa shape index (κ1) is 17.0. The van der Waals surface area contributed by atoms with Crippen LogP contribution in [-0.4, -0.2) is 54.5 Å². The van der Waals surface area contributed by atoms with E-state index in [0.29, 0.717) is 54.7 Å². The molecule has 2 aromatic heterocycles. The SMILES string of the molecule is O=c1[nH]c(-c2ccc(N3CCOCC3)nc2)nc2cc3c(cc12)OCCCO3. The fourth-order valence-electron chi connectivity index (χ4n) is 3.44. The Morgan fingerprint density at radius 1 is 1.00 bits per heavy atom. The third-order valence-corrected chi connectivity index (χ3v) is 4.93. The normalized spacial score (nSPS) is 16.8. The van der Waals surface area contributed by atoms with Crippen molar-refractivity contribution in [1.29, 1.82) is 0 Å². The topological polar surface area (TPSA) is 89.6 Å². The number of morpholine rings is 1. The fourth-order valence-corrected chi connectivity index (χ4v) is 3.44. The first-order valence-electron chi connectivity index (χ1n) is 9.41. The van der Waals surface area contributed by atoms with Gasteiger partial charge in [0.2, 0.25) is 0 Å². The molecule has 0 radical (unpaired) electrons. The molecule has 0 saturated carbocycles. The molecule has 3 aromatic rings. The first-order chi connectivity index (χ1) is 13.8. The molecule has 1 aromatic carbocycles. The summed E-state index contributed by atoms with van der Waals surface area (Å²) in [7, 11) is 0. The third kappa shape index (κ3) is 3.16. The van der Waals surface area contributed by atoms with Gasteiger partial charge < -0.3 is 24.1 Å². The molecule has 2 aliphatic heterocycles. The van der Waals surface area contributed by atoms with Gasteiger partial charge in [-0.05, 0) is 18.2 Å². The van der Waals surface area contributed by atoms with E-state index in [2.05, 4.69) is 19.9 Å². The van der Waals surface area contributed by atoms with E-state index in [1.807, 2.05) is 12.1 Å². The van der Waals surface area contributed by atoms with Crippen LogP contribution in [0.15, 0.2) is 35.3 Å². The van der Waals surface area contributed by atoms with Crippen molar-refractivity contribution in [1.82, 2.24) is 15.0 Å². The van der Waals surface area contributed by atoms with Crippen LogP contribution in [0.2, 0.25) is 0 Å². The molecule has 8 heteroatoms. The van der Waals surface area contributed by atoms with Crippen LogP contribution in [0.1, 0.15) is 6.42 Å². The molecule has 144 valence electrons. The lowest BCUT2D eigenvalue weighted by molar-refractivity contribution is 0.122. The lowest BCUT2D eigenvalue weighted by Crippen LogP contribution is -2.36. The van der Waals surface area contributed by atoms with Gasteiger partial charge in [-0.25, -0.2) is 9.97 Å². The van der Waals surface area contributed by atoms with Gasteiger partial charge in [-0.15, -0.1) is 0 Å². The number of anilines is 1. The zero-order valence-electron chi connectivity index (χ0n) is 15.3. The van der Waals surface area contributed by atoms with Crippen molar-refractivity contribution >= 4 is 16.7 Å². The number of fused-ring (bicyclic) bond motifs is 2. The maximum absolute atomic E-state index is 12.6. The van der Waals surface area contributed by atoms with Crippen molar-refractivity contribution in [3.8, 4) is 22.9 Å². The average molecular weight is 380 g/mol. The van der Waals surface area contributed by atoms with Gasteiger partial charge in [0.05, 0.1) is 37.3 Å². The summed E-state index contributed by atoms with van der Waals surface area (Å²) in [6, 6.07) is 7.33. The van der Waals surface area contributed by atoms with Crippen LogP contribution in [-0.2, 0) is 4.74 Å². The monoisotopic (exact) mass is 380 g/mol. The minimum atomic E-state index is -0.215. The van der Waals surface area contributed by atoms with Crippen molar-refractivity contribution in [2.75, 3.05) is 44.4 Å². The Morgan fingerprint density at radius 2 is 1.79 bits per heavy atom. The molecule has 2 aliphatic rings. The van der Waals surface area contributed by atoms with Gasteiger partial charge >= 0.3 is 0 Å². The number of ether oxygens (including phenoxy) is 3. The quantitative estimate of drug-likeness (QED) is 0.727. The predicted molar refractivity (Wildman–Crippen MR) is 104 cm³/mol. The third-order valence-electron chi connectivity index (χ3n) is 4.93. The molecule has 5 rings (SSSR count). The summed E-state index contributed by atoms with van der Waals surface area (Å²) in [4.78, 5) is 26.8. The van der Waals surface area contributed by atoms with Crippen LogP contribution in [0.25, 0.3) is 22.3 Å². The van der Waals surface area contributed by atoms with Gasteiger partial charge in [-0.1, -0.05) is 0 Å². The smallest absolute Gasteiger partial charge is 0.259 e. The number of H-pyrrole nitrogens is 1. The Bertz CT molecular complexity index is 1060. The van der Waals surface area contributed by atoms with Gasteiger partial charge in [0.1, 0.15) is 11.6 Å². The first-order valence-corrected chi connectivity index (χ1v) is 9.41. The number of nitrogens with one attached hydrogen (secondary N) is 1. The van der Waals surface area contributed by atoms with E-state index in [9.17, 15) is 4.79 Å². The molecule has 1 saturated heterocycles. The Kier molecular flexibility index (Phi) is 4.32. The second kappa shape index (κ2) is 7.12. The Balaban J connectivity index is 1.51. The van der Waals surface area contributed by atoms with E-state index in [4.69, 9.17) is 14.2 Å². The van der Waals surface area contributed by atoms with Crippen LogP contribution in [0, 0.1) is 0 Å². The lowest BCUT2D eigenvalue weighted by atomic mass is 10.2. The highest BCUT2D eigenvalue weighted by atomic mass is 16.5. The highest BCUT2D eigenvalue weighted by Gasteiger charge is 2.16. The molecular formula is C20H20N4O4. The van der Waals surface area contributed by atoms with Gasteiger partial charge in [0, 0.05) is 37.3 Å². The highest BCUT2D eigenvalue weighted by Crippen LogP contribution is 2.33. The lowest BCUT2D eigenvalue weighted by Gasteiger charge is -2.27. The van der Waals surface area contributed by atoms with E-state index >= 15 is 0 Å². The van der Waals surface area contributed by atoms with Crippen molar-refractivity contribution in [2.45, 2.75) is 6.42 Å². The van der Waals surface area contributed by atoms with Gasteiger partial charge in [-0.3, -0.25) is 4.79 Å². The Labute approximate surface area is 161 Å². The second-order valence-corrected chi connectivity index (χ2v) is 6.79. The average Bonchev–Trinajstić information content (AvgIpc) is 2.98. The highest BCUT2D eigenvalue weighted by molar-refractivity contribution is 5.83. The van der Waals surface area contributed by atoms with Gasteiger partial charge in [0.15, 0.2) is 11.5 Å². The maximum Gasteiger partial charge on any atom is 0.259 e. The van der Waals surface area contributed by atoms with Crippen LogP contribution >= 0.6 is 0 Å². The molecule has 0 amide bonds. The minimum absolute atomic E-state index is 0.215. The molecule has 28 heavy (non-hydrogen) atoms. The summed E-state index contributed by atoms with van der Waals surface area (Å²) < 4.78 is 16.8. The summed E-state index contributed by atoms with van der Waals surface area (Å²) in [5.41, 5.74) is 1.11. The van der Waals surface area contributed by atoms with E-state index in [1.165, 1.54) is 0 Å². The van der Waals surface area contributed by atoms with Crippen LogP contribution < -0.4 is 19.9 Å².